The van der Waals surface area contributed by atoms with Gasteiger partial charge in [-0.15, -0.1) is 5.10 Å². The molecule has 2 aromatic carbocycles. The molecule has 0 saturated heterocycles. The van der Waals surface area contributed by atoms with E-state index in [0.29, 0.717) is 17.5 Å². The number of allylic oxidation sites excluding steroid dienone is 2. The number of Topliss-reactive ketones (excluding diaryl/α,β-unsaturated/α-hetero) is 1. The molecule has 1 aliphatic heterocycles. The van der Waals surface area contributed by atoms with Crippen LogP contribution in [0.5, 0.6) is 0 Å². The number of carbonyl (C=O) groups excluding carboxylic acids is 1. The van der Waals surface area contributed by atoms with Gasteiger partial charge < -0.3 is 10.2 Å². The lowest BCUT2D eigenvalue weighted by molar-refractivity contribution is -0.118. The van der Waals surface area contributed by atoms with E-state index >= 15 is 0 Å². The van der Waals surface area contributed by atoms with Crippen LogP contribution in [0.4, 0.5) is 11.6 Å². The third kappa shape index (κ3) is 4.29. The smallest absolute Gasteiger partial charge is 0.227 e. The second-order valence-electron chi connectivity index (χ2n) is 9.78. The van der Waals surface area contributed by atoms with E-state index in [2.05, 4.69) is 60.5 Å². The van der Waals surface area contributed by atoms with Crippen molar-refractivity contribution in [3.05, 3.63) is 77.0 Å². The molecule has 33 heavy (non-hydrogen) atoms. The van der Waals surface area contributed by atoms with Gasteiger partial charge in [-0.2, -0.15) is 4.98 Å². The maximum Gasteiger partial charge on any atom is 0.227 e. The molecule has 6 nitrogen and oxygen atoms in total. The number of anilines is 2. The summed E-state index contributed by atoms with van der Waals surface area (Å²) in [7, 11) is 4.05. The maximum atomic E-state index is 13.4. The van der Waals surface area contributed by atoms with E-state index in [9.17, 15) is 4.79 Å². The SMILES string of the molecule is CN(C)c1ccc([C@H]2C3=C(CC(C)(C)CC3=O)Nc3nc(SCc4ccccc4)nn32)cc1. The van der Waals surface area contributed by atoms with Crippen molar-refractivity contribution in [2.45, 2.75) is 43.6 Å². The Kier molecular flexibility index (Phi) is 5.52. The van der Waals surface area contributed by atoms with Crippen LogP contribution >= 0.6 is 11.8 Å². The predicted octanol–water partition coefficient (Wildman–Crippen LogP) is 5.29. The number of thioether (sulfide) groups is 1. The highest BCUT2D eigenvalue weighted by Crippen LogP contribution is 2.45. The summed E-state index contributed by atoms with van der Waals surface area (Å²) < 4.78 is 1.90. The van der Waals surface area contributed by atoms with Gasteiger partial charge in [0, 0.05) is 43.2 Å². The second kappa shape index (κ2) is 8.37. The quantitative estimate of drug-likeness (QED) is 0.523. The van der Waals surface area contributed by atoms with Crippen LogP contribution in [-0.4, -0.2) is 34.6 Å². The van der Waals surface area contributed by atoms with Gasteiger partial charge in [0.1, 0.15) is 6.04 Å². The number of hydrogen-bond acceptors (Lipinski definition) is 6. The summed E-state index contributed by atoms with van der Waals surface area (Å²) >= 11 is 1.61. The van der Waals surface area contributed by atoms with Crippen LogP contribution in [-0.2, 0) is 10.5 Å². The van der Waals surface area contributed by atoms with Gasteiger partial charge in [0.05, 0.1) is 0 Å². The molecule has 0 saturated carbocycles. The molecule has 1 aliphatic carbocycles. The Hall–Kier alpha value is -3.06. The van der Waals surface area contributed by atoms with E-state index in [4.69, 9.17) is 10.1 Å². The number of nitrogens with zero attached hydrogens (tertiary/aromatic N) is 4. The fourth-order valence-electron chi connectivity index (χ4n) is 4.64. The number of carbonyl (C=O) groups is 1. The summed E-state index contributed by atoms with van der Waals surface area (Å²) in [5.74, 6) is 1.69. The molecule has 0 radical (unpaired) electrons. The van der Waals surface area contributed by atoms with Crippen LogP contribution in [0.1, 0.15) is 43.9 Å². The van der Waals surface area contributed by atoms with Crippen molar-refractivity contribution in [3.63, 3.8) is 0 Å². The minimum atomic E-state index is -0.269. The molecule has 3 aromatic rings. The number of hydrogen-bond donors (Lipinski definition) is 1. The van der Waals surface area contributed by atoms with E-state index in [0.717, 1.165) is 34.7 Å². The van der Waals surface area contributed by atoms with Gasteiger partial charge in [0.25, 0.3) is 0 Å². The van der Waals surface area contributed by atoms with Gasteiger partial charge in [0.15, 0.2) is 5.78 Å². The Balaban J connectivity index is 1.53. The minimum absolute atomic E-state index is 0.0741. The van der Waals surface area contributed by atoms with Gasteiger partial charge in [-0.3, -0.25) is 4.79 Å². The monoisotopic (exact) mass is 459 g/mol. The zero-order valence-electron chi connectivity index (χ0n) is 19.5. The molecule has 1 atom stereocenters. The summed E-state index contributed by atoms with van der Waals surface area (Å²) in [6.45, 7) is 4.30. The van der Waals surface area contributed by atoms with Crippen molar-refractivity contribution in [3.8, 4) is 0 Å². The molecule has 0 bridgehead atoms. The lowest BCUT2D eigenvalue weighted by atomic mass is 9.73. The number of ketones is 1. The Morgan fingerprint density at radius 1 is 1.09 bits per heavy atom. The Morgan fingerprint density at radius 3 is 2.52 bits per heavy atom. The van der Waals surface area contributed by atoms with Crippen molar-refractivity contribution in [1.82, 2.24) is 14.8 Å². The Labute approximate surface area is 199 Å². The average molecular weight is 460 g/mol. The molecule has 1 aromatic heterocycles. The van der Waals surface area contributed by atoms with E-state index < -0.39 is 0 Å². The molecule has 7 heteroatoms. The highest BCUT2D eigenvalue weighted by molar-refractivity contribution is 7.98. The van der Waals surface area contributed by atoms with Crippen LogP contribution < -0.4 is 10.2 Å². The van der Waals surface area contributed by atoms with Crippen LogP contribution in [0.2, 0.25) is 0 Å². The van der Waals surface area contributed by atoms with Crippen molar-refractivity contribution >= 4 is 29.2 Å². The Bertz CT molecular complexity index is 1210. The van der Waals surface area contributed by atoms with E-state index in [1.54, 1.807) is 11.8 Å². The number of fused-ring (bicyclic) bond motifs is 1. The molecule has 0 amide bonds. The van der Waals surface area contributed by atoms with Gasteiger partial charge in [0.2, 0.25) is 11.1 Å². The fraction of sp³-hybridized carbons (Fsp3) is 0.346. The highest BCUT2D eigenvalue weighted by atomic mass is 32.2. The summed E-state index contributed by atoms with van der Waals surface area (Å²) in [4.78, 5) is 20.2. The molecule has 5 rings (SSSR count). The molecule has 170 valence electrons. The van der Waals surface area contributed by atoms with Gasteiger partial charge in [-0.1, -0.05) is 68.1 Å². The van der Waals surface area contributed by atoms with Crippen LogP contribution in [0.3, 0.4) is 0 Å². The highest BCUT2D eigenvalue weighted by Gasteiger charge is 2.41. The minimum Gasteiger partial charge on any atom is -0.378 e. The maximum absolute atomic E-state index is 13.4. The van der Waals surface area contributed by atoms with Gasteiger partial charge in [-0.05, 0) is 35.1 Å². The summed E-state index contributed by atoms with van der Waals surface area (Å²) in [5.41, 5.74) is 5.13. The summed E-state index contributed by atoms with van der Waals surface area (Å²) in [6.07, 6.45) is 1.36. The van der Waals surface area contributed by atoms with Crippen molar-refractivity contribution in [2.75, 3.05) is 24.3 Å². The van der Waals surface area contributed by atoms with E-state index in [1.807, 2.05) is 37.0 Å². The normalized spacial score (nSPS) is 19.0. The molecule has 0 fully saturated rings. The van der Waals surface area contributed by atoms with Crippen molar-refractivity contribution in [2.24, 2.45) is 5.41 Å². The third-order valence-corrected chi connectivity index (χ3v) is 7.16. The molecule has 2 aliphatic rings. The van der Waals surface area contributed by atoms with Crippen LogP contribution in [0, 0.1) is 5.41 Å². The average Bonchev–Trinajstić information content (AvgIpc) is 3.18. The number of nitrogens with one attached hydrogen (secondary N) is 1. The topological polar surface area (TPSA) is 63.1 Å². The van der Waals surface area contributed by atoms with E-state index in [1.165, 1.54) is 5.56 Å². The first-order valence-electron chi connectivity index (χ1n) is 11.2. The first kappa shape index (κ1) is 21.8. The first-order chi connectivity index (χ1) is 15.8. The van der Waals surface area contributed by atoms with Crippen LogP contribution in [0.15, 0.2) is 71.0 Å². The number of benzene rings is 2. The first-order valence-corrected chi connectivity index (χ1v) is 12.2. The number of aromatic nitrogens is 3. The zero-order chi connectivity index (χ0) is 23.2. The van der Waals surface area contributed by atoms with Crippen molar-refractivity contribution in [1.29, 1.82) is 0 Å². The lowest BCUT2D eigenvalue weighted by Gasteiger charge is -2.38. The standard InChI is InChI=1S/C26H29N5OS/c1-26(2)14-20-22(21(32)15-26)23(18-10-12-19(13-11-18)30(3)4)31-24(27-20)28-25(29-31)33-16-17-8-6-5-7-9-17/h5-13,23H,14-16H2,1-4H3,(H,27,28,29)/t23-/m0/s1. The van der Waals surface area contributed by atoms with Gasteiger partial charge >= 0.3 is 0 Å². The third-order valence-electron chi connectivity index (χ3n) is 6.25. The van der Waals surface area contributed by atoms with E-state index in [-0.39, 0.29) is 17.2 Å². The molecule has 2 heterocycles. The molecule has 1 N–H and O–H groups in total. The fourth-order valence-corrected chi connectivity index (χ4v) is 5.42. The molecular formula is C26H29N5OS. The van der Waals surface area contributed by atoms with Gasteiger partial charge in [-0.25, -0.2) is 4.68 Å². The predicted molar refractivity (Wildman–Crippen MR) is 134 cm³/mol. The largest absolute Gasteiger partial charge is 0.378 e. The number of rotatable bonds is 5. The lowest BCUT2D eigenvalue weighted by Crippen LogP contribution is -2.36. The molecule has 0 spiro atoms. The summed E-state index contributed by atoms with van der Waals surface area (Å²) in [6, 6.07) is 18.4. The second-order valence-corrected chi connectivity index (χ2v) is 10.7. The Morgan fingerprint density at radius 2 is 1.82 bits per heavy atom. The summed E-state index contributed by atoms with van der Waals surface area (Å²) in [5, 5.41) is 9.02. The van der Waals surface area contributed by atoms with Crippen LogP contribution in [0.25, 0.3) is 0 Å². The zero-order valence-corrected chi connectivity index (χ0v) is 20.3. The molecular weight excluding hydrogens is 430 g/mol. The molecule has 0 unspecified atom stereocenters. The van der Waals surface area contributed by atoms with Crippen molar-refractivity contribution < 1.29 is 4.79 Å².